The van der Waals surface area contributed by atoms with Crippen LogP contribution in [-0.4, -0.2) is 22.9 Å². The van der Waals surface area contributed by atoms with Crippen molar-refractivity contribution in [3.8, 4) is 5.75 Å². The average molecular weight is 363 g/mol. The molecule has 1 heterocycles. The average Bonchev–Trinajstić information content (AvgIpc) is 2.69. The molecule has 136 valence electrons. The zero-order valence-corrected chi connectivity index (χ0v) is 14.8. The maximum Gasteiger partial charge on any atom is 0.227 e. The summed E-state index contributed by atoms with van der Waals surface area (Å²) in [5.74, 6) is 0.927. The lowest BCUT2D eigenvalue weighted by Crippen LogP contribution is -2.21. The first-order chi connectivity index (χ1) is 13.1. The minimum Gasteiger partial charge on any atom is -0.497 e. The van der Waals surface area contributed by atoms with Crippen LogP contribution >= 0.6 is 0 Å². The van der Waals surface area contributed by atoms with E-state index in [4.69, 9.17) is 4.74 Å². The van der Waals surface area contributed by atoms with E-state index >= 15 is 0 Å². The molecule has 27 heavy (non-hydrogen) atoms. The third kappa shape index (κ3) is 3.65. The molecule has 4 rings (SSSR count). The lowest BCUT2D eigenvalue weighted by atomic mass is 9.82. The second-order valence-corrected chi connectivity index (χ2v) is 6.49. The van der Waals surface area contributed by atoms with Crippen LogP contribution in [0.3, 0.4) is 0 Å². The Kier molecular flexibility index (Phi) is 4.54. The first-order valence-electron chi connectivity index (χ1n) is 8.68. The van der Waals surface area contributed by atoms with E-state index < -0.39 is 0 Å². The van der Waals surface area contributed by atoms with E-state index in [1.807, 2.05) is 24.3 Å². The van der Waals surface area contributed by atoms with Gasteiger partial charge in [0.1, 0.15) is 11.6 Å². The third-order valence-corrected chi connectivity index (χ3v) is 4.73. The first-order valence-corrected chi connectivity index (χ1v) is 8.68. The van der Waals surface area contributed by atoms with Crippen molar-refractivity contribution < 1.29 is 13.9 Å². The van der Waals surface area contributed by atoms with Crippen molar-refractivity contribution in [2.75, 3.05) is 12.4 Å². The number of ketones is 1. The Balaban J connectivity index is 1.57. The first kappa shape index (κ1) is 17.1. The van der Waals surface area contributed by atoms with Gasteiger partial charge in [0, 0.05) is 18.3 Å². The van der Waals surface area contributed by atoms with E-state index in [9.17, 15) is 9.18 Å². The molecule has 0 saturated heterocycles. The molecule has 1 aromatic heterocycles. The fourth-order valence-corrected chi connectivity index (χ4v) is 3.28. The molecule has 1 aliphatic carbocycles. The van der Waals surface area contributed by atoms with Crippen LogP contribution in [-0.2, 0) is 6.42 Å². The summed E-state index contributed by atoms with van der Waals surface area (Å²) in [4.78, 5) is 21.3. The highest BCUT2D eigenvalue weighted by Gasteiger charge is 2.28. The fraction of sp³-hybridized carbons (Fsp3) is 0.190. The maximum atomic E-state index is 13.2. The minimum absolute atomic E-state index is 0.00524. The van der Waals surface area contributed by atoms with Gasteiger partial charge in [0.25, 0.3) is 0 Å². The van der Waals surface area contributed by atoms with E-state index in [1.54, 1.807) is 25.4 Å². The number of aromatic nitrogens is 2. The Hall–Kier alpha value is -3.28. The number of nitrogens with one attached hydrogen (secondary N) is 1. The van der Waals surface area contributed by atoms with Crippen LogP contribution in [0.25, 0.3) is 0 Å². The zero-order chi connectivity index (χ0) is 18.8. The molecule has 0 bridgehead atoms. The Morgan fingerprint density at radius 3 is 2.52 bits per heavy atom. The Morgan fingerprint density at radius 1 is 1.07 bits per heavy atom. The standard InChI is InChI=1S/C21H18FN3O2/c1-27-17-8-6-16(7-9-17)24-21-23-12-18-19(25-21)10-14(11-20(18)26)13-2-4-15(22)5-3-13/h2-9,12,14H,10-11H2,1H3,(H,23,24,25)/t14-/m1/s1. The molecule has 3 aromatic rings. The molecule has 1 atom stereocenters. The summed E-state index contributed by atoms with van der Waals surface area (Å²) < 4.78 is 18.3. The number of anilines is 2. The molecule has 2 aromatic carbocycles. The van der Waals surface area contributed by atoms with Crippen molar-refractivity contribution in [3.05, 3.63) is 77.4 Å². The number of carbonyl (C=O) groups excluding carboxylic acids is 1. The molecule has 0 fully saturated rings. The Bertz CT molecular complexity index is 972. The molecule has 6 heteroatoms. The number of nitrogens with zero attached hydrogens (tertiary/aromatic N) is 2. The molecular formula is C21H18FN3O2. The second-order valence-electron chi connectivity index (χ2n) is 6.49. The summed E-state index contributed by atoms with van der Waals surface area (Å²) in [5, 5.41) is 3.14. The molecule has 0 unspecified atom stereocenters. The highest BCUT2D eigenvalue weighted by atomic mass is 19.1. The fourth-order valence-electron chi connectivity index (χ4n) is 3.28. The Morgan fingerprint density at radius 2 is 1.81 bits per heavy atom. The number of hydrogen-bond donors (Lipinski definition) is 1. The monoisotopic (exact) mass is 363 g/mol. The van der Waals surface area contributed by atoms with Gasteiger partial charge in [-0.3, -0.25) is 4.79 Å². The van der Waals surface area contributed by atoms with E-state index in [-0.39, 0.29) is 17.5 Å². The topological polar surface area (TPSA) is 64.1 Å². The summed E-state index contributed by atoms with van der Waals surface area (Å²) in [7, 11) is 1.61. The number of ether oxygens (including phenoxy) is 1. The van der Waals surface area contributed by atoms with Crippen molar-refractivity contribution >= 4 is 17.4 Å². The van der Waals surface area contributed by atoms with Gasteiger partial charge in [-0.15, -0.1) is 0 Å². The smallest absolute Gasteiger partial charge is 0.227 e. The van der Waals surface area contributed by atoms with Crippen LogP contribution in [0, 0.1) is 5.82 Å². The summed E-state index contributed by atoms with van der Waals surface area (Å²) in [6.07, 6.45) is 2.58. The number of hydrogen-bond acceptors (Lipinski definition) is 5. The number of Topliss-reactive ketones (excluding diaryl/α,β-unsaturated/α-hetero) is 1. The number of methoxy groups -OCH3 is 1. The van der Waals surface area contributed by atoms with Crippen molar-refractivity contribution in [2.24, 2.45) is 0 Å². The maximum absolute atomic E-state index is 13.2. The van der Waals surface area contributed by atoms with Gasteiger partial charge in [0.15, 0.2) is 5.78 Å². The van der Waals surface area contributed by atoms with Gasteiger partial charge in [-0.2, -0.15) is 0 Å². The molecule has 0 aliphatic heterocycles. The van der Waals surface area contributed by atoms with Crippen molar-refractivity contribution in [3.63, 3.8) is 0 Å². The number of carbonyl (C=O) groups is 1. The van der Waals surface area contributed by atoms with Gasteiger partial charge in [0.05, 0.1) is 18.4 Å². The van der Waals surface area contributed by atoms with Crippen LogP contribution in [0.15, 0.2) is 54.7 Å². The highest BCUT2D eigenvalue weighted by Crippen LogP contribution is 2.32. The number of rotatable bonds is 4. The lowest BCUT2D eigenvalue weighted by Gasteiger charge is -2.23. The molecule has 1 N–H and O–H groups in total. The van der Waals surface area contributed by atoms with Gasteiger partial charge < -0.3 is 10.1 Å². The van der Waals surface area contributed by atoms with Crippen LogP contribution in [0.5, 0.6) is 5.75 Å². The summed E-state index contributed by atoms with van der Waals surface area (Å²) in [6, 6.07) is 13.7. The minimum atomic E-state index is -0.283. The van der Waals surface area contributed by atoms with Crippen molar-refractivity contribution in [1.82, 2.24) is 9.97 Å². The quantitative estimate of drug-likeness (QED) is 0.749. The number of fused-ring (bicyclic) bond motifs is 1. The number of halogens is 1. The largest absolute Gasteiger partial charge is 0.497 e. The molecule has 1 aliphatic rings. The molecule has 0 amide bonds. The van der Waals surface area contributed by atoms with E-state index in [2.05, 4.69) is 15.3 Å². The van der Waals surface area contributed by atoms with E-state index in [0.717, 1.165) is 17.0 Å². The molecular weight excluding hydrogens is 345 g/mol. The van der Waals surface area contributed by atoms with E-state index in [1.165, 1.54) is 12.1 Å². The lowest BCUT2D eigenvalue weighted by molar-refractivity contribution is 0.0962. The molecule has 0 radical (unpaired) electrons. The summed E-state index contributed by atoms with van der Waals surface area (Å²) in [5.41, 5.74) is 3.05. The van der Waals surface area contributed by atoms with Gasteiger partial charge >= 0.3 is 0 Å². The SMILES string of the molecule is COc1ccc(Nc2ncc3c(n2)C[C@@H](c2ccc(F)cc2)CC3=O)cc1. The predicted molar refractivity (Wildman–Crippen MR) is 100 cm³/mol. The molecule has 0 spiro atoms. The number of benzene rings is 2. The van der Waals surface area contributed by atoms with Crippen molar-refractivity contribution in [1.29, 1.82) is 0 Å². The van der Waals surface area contributed by atoms with Gasteiger partial charge in [-0.1, -0.05) is 12.1 Å². The highest BCUT2D eigenvalue weighted by molar-refractivity contribution is 5.98. The predicted octanol–water partition coefficient (Wildman–Crippen LogP) is 4.28. The van der Waals surface area contributed by atoms with Gasteiger partial charge in [0.2, 0.25) is 5.95 Å². The van der Waals surface area contributed by atoms with Crippen LogP contribution < -0.4 is 10.1 Å². The van der Waals surface area contributed by atoms with Gasteiger partial charge in [-0.25, -0.2) is 14.4 Å². The Labute approximate surface area is 156 Å². The zero-order valence-electron chi connectivity index (χ0n) is 14.8. The van der Waals surface area contributed by atoms with E-state index in [0.29, 0.717) is 30.0 Å². The molecule has 5 nitrogen and oxygen atoms in total. The summed E-state index contributed by atoms with van der Waals surface area (Å²) >= 11 is 0. The van der Waals surface area contributed by atoms with Crippen LogP contribution in [0.2, 0.25) is 0 Å². The van der Waals surface area contributed by atoms with Gasteiger partial charge in [-0.05, 0) is 54.3 Å². The normalized spacial score (nSPS) is 15.9. The second kappa shape index (κ2) is 7.15. The van der Waals surface area contributed by atoms with Crippen LogP contribution in [0.4, 0.5) is 16.0 Å². The summed E-state index contributed by atoms with van der Waals surface area (Å²) in [6.45, 7) is 0. The molecule has 0 saturated carbocycles. The van der Waals surface area contributed by atoms with Crippen molar-refractivity contribution in [2.45, 2.75) is 18.8 Å². The third-order valence-electron chi connectivity index (χ3n) is 4.73. The van der Waals surface area contributed by atoms with Crippen LogP contribution in [0.1, 0.15) is 34.0 Å².